The molecule has 0 unspecified atom stereocenters. The van der Waals surface area contributed by atoms with Crippen molar-refractivity contribution in [2.45, 2.75) is 5.92 Å². The Morgan fingerprint density at radius 1 is 1.25 bits per heavy atom. The van der Waals surface area contributed by atoms with Gasteiger partial charge >= 0.3 is 0 Å². The Bertz CT molecular complexity index is 815. The number of nitrogens with one attached hydrogen (secondary N) is 1. The average Bonchev–Trinajstić information content (AvgIpc) is 3.23. The minimum absolute atomic E-state index is 0.0766. The van der Waals surface area contributed by atoms with Crippen molar-refractivity contribution in [3.63, 3.8) is 0 Å². The van der Waals surface area contributed by atoms with Crippen LogP contribution < -0.4 is 5.32 Å². The summed E-state index contributed by atoms with van der Waals surface area (Å²) in [7, 11) is 0. The second kappa shape index (κ2) is 6.42. The van der Waals surface area contributed by atoms with E-state index in [1.165, 1.54) is 11.3 Å². The zero-order valence-electron chi connectivity index (χ0n) is 12.5. The normalized spacial score (nSPS) is 15.2. The van der Waals surface area contributed by atoms with E-state index in [1.807, 2.05) is 10.3 Å². The summed E-state index contributed by atoms with van der Waals surface area (Å²) in [5, 5.41) is 9.10. The molecule has 9 nitrogen and oxygen atoms in total. The van der Waals surface area contributed by atoms with Crippen LogP contribution in [0.2, 0.25) is 0 Å². The summed E-state index contributed by atoms with van der Waals surface area (Å²) >= 11 is 1.40. The Labute approximate surface area is 140 Å². The van der Waals surface area contributed by atoms with Gasteiger partial charge in [-0.2, -0.15) is 4.98 Å². The molecule has 24 heavy (non-hydrogen) atoms. The molecular weight excluding hydrogens is 330 g/mol. The minimum Gasteiger partial charge on any atom is -0.338 e. The summed E-state index contributed by atoms with van der Waals surface area (Å²) in [6.07, 6.45) is 4.92. The van der Waals surface area contributed by atoms with Gasteiger partial charge in [0.25, 0.3) is 0 Å². The minimum atomic E-state index is -0.0766. The number of rotatable bonds is 5. The monoisotopic (exact) mass is 343 g/mol. The van der Waals surface area contributed by atoms with Gasteiger partial charge in [0.05, 0.1) is 12.5 Å². The van der Waals surface area contributed by atoms with Gasteiger partial charge in [-0.25, -0.2) is 15.0 Å². The maximum atomic E-state index is 11.9. The molecule has 0 aromatic carbocycles. The van der Waals surface area contributed by atoms with Crippen LogP contribution in [0.15, 0.2) is 34.6 Å². The Hall–Kier alpha value is -2.72. The standard InChI is InChI=1S/C14H13N7O2S/c22-10(18-14-17-4-5-24-14)8-21-6-9(7-21)13-19-12(20-23-13)11-15-2-1-3-16-11/h1-5,9H,6-8H2,(H,17,18,22). The molecule has 0 saturated carbocycles. The fourth-order valence-corrected chi connectivity index (χ4v) is 2.95. The molecule has 1 fully saturated rings. The van der Waals surface area contributed by atoms with Gasteiger partial charge in [-0.3, -0.25) is 9.69 Å². The molecule has 0 spiro atoms. The van der Waals surface area contributed by atoms with Crippen molar-refractivity contribution in [3.8, 4) is 11.6 Å². The first-order valence-electron chi connectivity index (χ1n) is 7.30. The maximum Gasteiger partial charge on any atom is 0.240 e. The molecule has 1 aliphatic rings. The Morgan fingerprint density at radius 2 is 2.08 bits per heavy atom. The molecule has 3 aromatic rings. The SMILES string of the molecule is O=C(CN1CC(c2nc(-c3ncccn3)no2)C1)Nc1nccs1. The van der Waals surface area contributed by atoms with Crippen molar-refractivity contribution < 1.29 is 9.32 Å². The first-order valence-corrected chi connectivity index (χ1v) is 8.18. The lowest BCUT2D eigenvalue weighted by Crippen LogP contribution is -2.48. The first kappa shape index (κ1) is 14.8. The molecule has 3 aromatic heterocycles. The molecule has 4 rings (SSSR count). The highest BCUT2D eigenvalue weighted by Crippen LogP contribution is 2.26. The highest BCUT2D eigenvalue weighted by molar-refractivity contribution is 7.13. The molecule has 1 amide bonds. The van der Waals surface area contributed by atoms with Gasteiger partial charge in [0.1, 0.15) is 0 Å². The largest absolute Gasteiger partial charge is 0.338 e. The van der Waals surface area contributed by atoms with E-state index in [1.54, 1.807) is 24.7 Å². The number of aromatic nitrogens is 5. The van der Waals surface area contributed by atoms with E-state index in [0.717, 1.165) is 0 Å². The molecule has 10 heteroatoms. The number of hydrogen-bond donors (Lipinski definition) is 1. The number of likely N-dealkylation sites (tertiary alicyclic amines) is 1. The van der Waals surface area contributed by atoms with Crippen LogP contribution in [0.4, 0.5) is 5.13 Å². The highest BCUT2D eigenvalue weighted by Gasteiger charge is 2.33. The number of amides is 1. The van der Waals surface area contributed by atoms with Crippen LogP contribution in [0.5, 0.6) is 0 Å². The summed E-state index contributed by atoms with van der Waals surface area (Å²) in [4.78, 5) is 30.4. The van der Waals surface area contributed by atoms with E-state index in [-0.39, 0.29) is 11.8 Å². The summed E-state index contributed by atoms with van der Waals surface area (Å²) < 4.78 is 5.28. The van der Waals surface area contributed by atoms with Crippen LogP contribution in [-0.2, 0) is 4.79 Å². The molecule has 0 radical (unpaired) electrons. The number of thiazole rings is 1. The van der Waals surface area contributed by atoms with Gasteiger partial charge in [-0.05, 0) is 6.07 Å². The van der Waals surface area contributed by atoms with Crippen molar-refractivity contribution in [3.05, 3.63) is 35.9 Å². The van der Waals surface area contributed by atoms with Crippen LogP contribution in [-0.4, -0.2) is 55.5 Å². The summed E-state index contributed by atoms with van der Waals surface area (Å²) in [5.74, 6) is 1.42. The molecule has 1 saturated heterocycles. The molecule has 1 aliphatic heterocycles. The molecule has 122 valence electrons. The van der Waals surface area contributed by atoms with E-state index >= 15 is 0 Å². The van der Waals surface area contributed by atoms with Gasteiger partial charge in [0.15, 0.2) is 5.13 Å². The third-order valence-corrected chi connectivity index (χ3v) is 4.25. The zero-order valence-corrected chi connectivity index (χ0v) is 13.3. The van der Waals surface area contributed by atoms with Crippen molar-refractivity contribution in [1.29, 1.82) is 0 Å². The van der Waals surface area contributed by atoms with Crippen molar-refractivity contribution in [1.82, 2.24) is 30.0 Å². The van der Waals surface area contributed by atoms with Gasteiger partial charge in [-0.15, -0.1) is 11.3 Å². The van der Waals surface area contributed by atoms with E-state index in [9.17, 15) is 4.79 Å². The Kier molecular flexibility index (Phi) is 3.97. The fraction of sp³-hybridized carbons (Fsp3) is 0.286. The van der Waals surface area contributed by atoms with E-state index in [0.29, 0.717) is 42.3 Å². The second-order valence-corrected chi connectivity index (χ2v) is 6.20. The predicted molar refractivity (Wildman–Crippen MR) is 85.2 cm³/mol. The first-order chi connectivity index (χ1) is 11.8. The lowest BCUT2D eigenvalue weighted by Gasteiger charge is -2.36. The lowest BCUT2D eigenvalue weighted by molar-refractivity contribution is -0.118. The van der Waals surface area contributed by atoms with E-state index in [4.69, 9.17) is 4.52 Å². The van der Waals surface area contributed by atoms with Gasteiger partial charge < -0.3 is 9.84 Å². The number of carbonyl (C=O) groups is 1. The zero-order chi connectivity index (χ0) is 16.4. The number of anilines is 1. The second-order valence-electron chi connectivity index (χ2n) is 5.31. The Balaban J connectivity index is 1.30. The molecule has 4 heterocycles. The van der Waals surface area contributed by atoms with Gasteiger partial charge in [0.2, 0.25) is 23.4 Å². The van der Waals surface area contributed by atoms with Crippen molar-refractivity contribution in [2.75, 3.05) is 25.0 Å². The van der Waals surface area contributed by atoms with Crippen LogP contribution in [0.3, 0.4) is 0 Å². The van der Waals surface area contributed by atoms with Crippen LogP contribution >= 0.6 is 11.3 Å². The van der Waals surface area contributed by atoms with Crippen molar-refractivity contribution in [2.24, 2.45) is 0 Å². The van der Waals surface area contributed by atoms with Crippen molar-refractivity contribution >= 4 is 22.4 Å². The number of carbonyl (C=O) groups excluding carboxylic acids is 1. The van der Waals surface area contributed by atoms with Gasteiger partial charge in [-0.1, -0.05) is 5.16 Å². The fourth-order valence-electron chi connectivity index (χ4n) is 2.41. The maximum absolute atomic E-state index is 11.9. The smallest absolute Gasteiger partial charge is 0.240 e. The topological polar surface area (TPSA) is 110 Å². The predicted octanol–water partition coefficient (Wildman–Crippen LogP) is 1.02. The summed E-state index contributed by atoms with van der Waals surface area (Å²) in [6, 6.07) is 1.73. The Morgan fingerprint density at radius 3 is 2.83 bits per heavy atom. The third kappa shape index (κ3) is 3.14. The molecule has 0 aliphatic carbocycles. The molecular formula is C14H13N7O2S. The van der Waals surface area contributed by atoms with Crippen LogP contribution in [0, 0.1) is 0 Å². The molecule has 1 N–H and O–H groups in total. The quantitative estimate of drug-likeness (QED) is 0.731. The van der Waals surface area contributed by atoms with E-state index < -0.39 is 0 Å². The van der Waals surface area contributed by atoms with E-state index in [2.05, 4.69) is 30.4 Å². The summed E-state index contributed by atoms with van der Waals surface area (Å²) in [6.45, 7) is 1.71. The summed E-state index contributed by atoms with van der Waals surface area (Å²) in [5.41, 5.74) is 0. The molecule has 0 bridgehead atoms. The highest BCUT2D eigenvalue weighted by atomic mass is 32.1. The van der Waals surface area contributed by atoms with Crippen LogP contribution in [0.25, 0.3) is 11.6 Å². The number of hydrogen-bond acceptors (Lipinski definition) is 9. The molecule has 0 atom stereocenters. The van der Waals surface area contributed by atoms with Crippen LogP contribution in [0.1, 0.15) is 11.8 Å². The third-order valence-electron chi connectivity index (χ3n) is 3.56. The average molecular weight is 343 g/mol. The van der Waals surface area contributed by atoms with Gasteiger partial charge in [0, 0.05) is 37.1 Å². The number of nitrogens with zero attached hydrogens (tertiary/aromatic N) is 6. The lowest BCUT2D eigenvalue weighted by atomic mass is 10.0.